The van der Waals surface area contributed by atoms with Gasteiger partial charge in [0.15, 0.2) is 0 Å². The highest BCUT2D eigenvalue weighted by molar-refractivity contribution is 7.99. The van der Waals surface area contributed by atoms with Crippen LogP contribution in [0.25, 0.3) is 0 Å². The first-order chi connectivity index (χ1) is 9.17. The van der Waals surface area contributed by atoms with Crippen molar-refractivity contribution in [3.63, 3.8) is 0 Å². The monoisotopic (exact) mass is 297 g/mol. The molecule has 6 nitrogen and oxygen atoms in total. The number of carbonyl (C=O) groups excluding carboxylic acids is 1. The Hall–Kier alpha value is -1.73. The van der Waals surface area contributed by atoms with E-state index >= 15 is 0 Å². The van der Waals surface area contributed by atoms with E-state index < -0.39 is 6.03 Å². The topological polar surface area (TPSA) is 82.7 Å². The van der Waals surface area contributed by atoms with Gasteiger partial charge in [-0.25, -0.2) is 9.89 Å². The van der Waals surface area contributed by atoms with Crippen LogP contribution in [0.5, 0.6) is 0 Å². The summed E-state index contributed by atoms with van der Waals surface area (Å²) in [6.07, 6.45) is 0. The van der Waals surface area contributed by atoms with E-state index in [1.54, 1.807) is 24.3 Å². The molecule has 0 bridgehead atoms. The summed E-state index contributed by atoms with van der Waals surface area (Å²) in [5.41, 5.74) is 0.643. The van der Waals surface area contributed by atoms with Crippen molar-refractivity contribution in [1.29, 1.82) is 0 Å². The number of nitrogens with one attached hydrogen (secondary N) is 3. The molecule has 0 radical (unpaired) electrons. The minimum absolute atomic E-state index is 0.308. The molecule has 0 saturated carbocycles. The maximum Gasteiger partial charge on any atom is 0.326 e. The van der Waals surface area contributed by atoms with E-state index in [4.69, 9.17) is 11.6 Å². The molecular weight excluding hydrogens is 286 g/mol. The second-order valence-corrected chi connectivity index (χ2v) is 5.15. The van der Waals surface area contributed by atoms with Crippen molar-refractivity contribution in [3.8, 4) is 0 Å². The summed E-state index contributed by atoms with van der Waals surface area (Å²) in [6.45, 7) is 2.00. The summed E-state index contributed by atoms with van der Waals surface area (Å²) < 4.78 is 0. The van der Waals surface area contributed by atoms with Gasteiger partial charge in [-0.15, -0.1) is 5.10 Å². The van der Waals surface area contributed by atoms with Crippen LogP contribution < -0.4 is 10.6 Å². The number of carbonyl (C=O) groups is 1. The van der Waals surface area contributed by atoms with Crippen LogP contribution in [0.4, 0.5) is 16.4 Å². The molecule has 19 heavy (non-hydrogen) atoms. The zero-order valence-electron chi connectivity index (χ0n) is 10.1. The fourth-order valence-electron chi connectivity index (χ4n) is 1.30. The van der Waals surface area contributed by atoms with E-state index in [9.17, 15) is 4.79 Å². The number of aromatic amines is 1. The zero-order valence-corrected chi connectivity index (χ0v) is 11.7. The van der Waals surface area contributed by atoms with Crippen LogP contribution in [0.15, 0.2) is 29.4 Å². The average Bonchev–Trinajstić information content (AvgIpc) is 2.80. The van der Waals surface area contributed by atoms with Gasteiger partial charge < -0.3 is 5.32 Å². The minimum atomic E-state index is -0.397. The van der Waals surface area contributed by atoms with Crippen molar-refractivity contribution in [3.05, 3.63) is 29.3 Å². The van der Waals surface area contributed by atoms with Crippen LogP contribution >= 0.6 is 23.4 Å². The number of amides is 2. The smallest absolute Gasteiger partial charge is 0.308 e. The number of aromatic nitrogens is 3. The van der Waals surface area contributed by atoms with E-state index in [-0.39, 0.29) is 0 Å². The first-order valence-electron chi connectivity index (χ1n) is 5.56. The molecule has 0 unspecified atom stereocenters. The largest absolute Gasteiger partial charge is 0.326 e. The highest BCUT2D eigenvalue weighted by atomic mass is 35.5. The molecule has 0 fully saturated rings. The highest BCUT2D eigenvalue weighted by Gasteiger charge is 2.07. The predicted octanol–water partition coefficient (Wildman–Crippen LogP) is 3.21. The normalized spacial score (nSPS) is 10.2. The van der Waals surface area contributed by atoms with Gasteiger partial charge in [-0.2, -0.15) is 4.98 Å². The lowest BCUT2D eigenvalue weighted by Crippen LogP contribution is -2.20. The molecule has 0 aliphatic carbocycles. The predicted molar refractivity (Wildman–Crippen MR) is 76.9 cm³/mol. The fraction of sp³-hybridized carbons (Fsp3) is 0.182. The lowest BCUT2D eigenvalue weighted by atomic mass is 10.3. The maximum absolute atomic E-state index is 11.7. The van der Waals surface area contributed by atoms with E-state index in [1.165, 1.54) is 11.8 Å². The molecule has 0 spiro atoms. The first kappa shape index (κ1) is 13.7. The summed E-state index contributed by atoms with van der Waals surface area (Å²) >= 11 is 7.25. The number of halogens is 1. The molecule has 2 rings (SSSR count). The third kappa shape index (κ3) is 4.15. The van der Waals surface area contributed by atoms with Crippen LogP contribution in [-0.4, -0.2) is 27.0 Å². The molecule has 0 aliphatic heterocycles. The Morgan fingerprint density at radius 3 is 2.79 bits per heavy atom. The van der Waals surface area contributed by atoms with Gasteiger partial charge in [0.2, 0.25) is 11.1 Å². The summed E-state index contributed by atoms with van der Waals surface area (Å²) in [5, 5.41) is 13.0. The SMILES string of the molecule is CCSc1n[nH]c(NC(=O)Nc2ccc(Cl)cc2)n1. The molecule has 100 valence electrons. The van der Waals surface area contributed by atoms with Gasteiger partial charge in [0.25, 0.3) is 0 Å². The van der Waals surface area contributed by atoms with Crippen LogP contribution in [0, 0.1) is 0 Å². The average molecular weight is 298 g/mol. The van der Waals surface area contributed by atoms with Gasteiger partial charge in [-0.05, 0) is 30.0 Å². The molecule has 1 heterocycles. The number of anilines is 2. The number of thioether (sulfide) groups is 1. The molecule has 0 saturated heterocycles. The minimum Gasteiger partial charge on any atom is -0.308 e. The third-order valence-corrected chi connectivity index (χ3v) is 3.05. The second-order valence-electron chi connectivity index (χ2n) is 3.49. The number of urea groups is 1. The quantitative estimate of drug-likeness (QED) is 0.757. The van der Waals surface area contributed by atoms with Gasteiger partial charge in [-0.3, -0.25) is 5.32 Å². The lowest BCUT2D eigenvalue weighted by Gasteiger charge is -2.04. The number of H-pyrrole nitrogens is 1. The number of hydrogen-bond acceptors (Lipinski definition) is 4. The molecule has 2 aromatic rings. The van der Waals surface area contributed by atoms with Gasteiger partial charge in [-0.1, -0.05) is 30.3 Å². The van der Waals surface area contributed by atoms with Gasteiger partial charge in [0.05, 0.1) is 0 Å². The number of rotatable bonds is 4. The summed E-state index contributed by atoms with van der Waals surface area (Å²) in [6, 6.07) is 6.41. The fourth-order valence-corrected chi connectivity index (χ4v) is 1.95. The third-order valence-electron chi connectivity index (χ3n) is 2.07. The number of hydrogen-bond donors (Lipinski definition) is 3. The molecule has 2 amide bonds. The highest BCUT2D eigenvalue weighted by Crippen LogP contribution is 2.15. The Labute approximate surface area is 119 Å². The molecule has 1 aromatic heterocycles. The molecular formula is C11H12ClN5OS. The van der Waals surface area contributed by atoms with Gasteiger partial charge in [0.1, 0.15) is 0 Å². The van der Waals surface area contributed by atoms with Crippen molar-refractivity contribution in [2.45, 2.75) is 12.1 Å². The molecule has 8 heteroatoms. The molecule has 1 aromatic carbocycles. The standard InChI is InChI=1S/C11H12ClN5OS/c1-2-19-11-15-9(16-17-11)14-10(18)13-8-5-3-7(12)4-6-8/h3-6H,2H2,1H3,(H3,13,14,15,16,17,18). The lowest BCUT2D eigenvalue weighted by molar-refractivity contribution is 0.262. The second kappa shape index (κ2) is 6.44. The van der Waals surface area contributed by atoms with Crippen LogP contribution in [-0.2, 0) is 0 Å². The Morgan fingerprint density at radius 2 is 2.11 bits per heavy atom. The van der Waals surface area contributed by atoms with Gasteiger partial charge in [0, 0.05) is 10.7 Å². The van der Waals surface area contributed by atoms with Crippen LogP contribution in [0.3, 0.4) is 0 Å². The van der Waals surface area contributed by atoms with Gasteiger partial charge >= 0.3 is 6.03 Å². The summed E-state index contributed by atoms with van der Waals surface area (Å²) in [7, 11) is 0. The number of benzene rings is 1. The molecule has 0 aliphatic rings. The van der Waals surface area contributed by atoms with Crippen molar-refractivity contribution in [2.24, 2.45) is 0 Å². The van der Waals surface area contributed by atoms with Crippen molar-refractivity contribution < 1.29 is 4.79 Å². The molecule has 0 atom stereocenters. The Morgan fingerprint density at radius 1 is 1.37 bits per heavy atom. The number of nitrogens with zero attached hydrogens (tertiary/aromatic N) is 2. The Balaban J connectivity index is 1.91. The zero-order chi connectivity index (χ0) is 13.7. The van der Waals surface area contributed by atoms with Crippen LogP contribution in [0.1, 0.15) is 6.92 Å². The molecule has 3 N–H and O–H groups in total. The first-order valence-corrected chi connectivity index (χ1v) is 6.92. The van der Waals surface area contributed by atoms with Crippen LogP contribution in [0.2, 0.25) is 5.02 Å². The van der Waals surface area contributed by atoms with E-state index in [2.05, 4.69) is 25.8 Å². The van der Waals surface area contributed by atoms with E-state index in [0.717, 1.165) is 5.75 Å². The van der Waals surface area contributed by atoms with E-state index in [0.29, 0.717) is 21.8 Å². The Bertz CT molecular complexity index is 556. The Kier molecular flexibility index (Phi) is 4.64. The van der Waals surface area contributed by atoms with E-state index in [1.807, 2.05) is 6.92 Å². The summed E-state index contributed by atoms with van der Waals surface area (Å²) in [5.74, 6) is 1.18. The summed E-state index contributed by atoms with van der Waals surface area (Å²) in [4.78, 5) is 15.8. The van der Waals surface area contributed by atoms with Crippen molar-refractivity contribution >= 4 is 41.0 Å². The maximum atomic E-state index is 11.7. The van der Waals surface area contributed by atoms with Crippen molar-refractivity contribution in [1.82, 2.24) is 15.2 Å². The van der Waals surface area contributed by atoms with Crippen molar-refractivity contribution in [2.75, 3.05) is 16.4 Å².